The van der Waals surface area contributed by atoms with Crippen LogP contribution in [0, 0.1) is 0 Å². The number of ether oxygens (including phenoxy) is 2. The highest BCUT2D eigenvalue weighted by Crippen LogP contribution is 2.35. The van der Waals surface area contributed by atoms with Crippen LogP contribution in [0.3, 0.4) is 0 Å². The van der Waals surface area contributed by atoms with E-state index in [1.807, 2.05) is 0 Å². The molecular weight excluding hydrogens is 225 g/mol. The van der Waals surface area contributed by atoms with Crippen molar-refractivity contribution in [1.29, 1.82) is 0 Å². The van der Waals surface area contributed by atoms with Gasteiger partial charge in [0.1, 0.15) is 0 Å². The highest BCUT2D eigenvalue weighted by Gasteiger charge is 2.41. The van der Waals surface area contributed by atoms with E-state index in [1.54, 1.807) is 0 Å². The van der Waals surface area contributed by atoms with E-state index in [-0.39, 0.29) is 6.04 Å². The molecule has 0 bridgehead atoms. The van der Waals surface area contributed by atoms with E-state index in [4.69, 9.17) is 9.47 Å². The molecule has 1 aliphatic carbocycles. The molecule has 0 unspecified atom stereocenters. The molecule has 5 heteroatoms. The Kier molecular flexibility index (Phi) is 3.41. The van der Waals surface area contributed by atoms with E-state index < -0.39 is 17.4 Å². The Balaban J connectivity index is 1.81. The number of amides is 1. The van der Waals surface area contributed by atoms with Gasteiger partial charge in [-0.15, -0.1) is 0 Å². The number of carbonyl (C=O) groups is 1. The molecule has 2 fully saturated rings. The molecule has 2 rings (SSSR count). The smallest absolute Gasteiger partial charge is 0.257 e. The van der Waals surface area contributed by atoms with E-state index in [0.29, 0.717) is 13.2 Å². The number of halogens is 1. The van der Waals surface area contributed by atoms with Crippen LogP contribution < -0.4 is 5.32 Å². The van der Waals surface area contributed by atoms with E-state index in [1.165, 1.54) is 13.8 Å². The maximum Gasteiger partial charge on any atom is 0.257 e. The third-order valence-electron chi connectivity index (χ3n) is 3.44. The van der Waals surface area contributed by atoms with Gasteiger partial charge in [-0.1, -0.05) is 0 Å². The van der Waals surface area contributed by atoms with Gasteiger partial charge in [-0.05, 0) is 26.7 Å². The third-order valence-corrected chi connectivity index (χ3v) is 3.44. The van der Waals surface area contributed by atoms with Gasteiger partial charge in [-0.2, -0.15) is 0 Å². The Bertz CT molecular complexity index is 285. The molecule has 1 N–H and O–H groups in total. The van der Waals surface area contributed by atoms with Crippen LogP contribution in [0.4, 0.5) is 4.39 Å². The van der Waals surface area contributed by atoms with Gasteiger partial charge in [0.05, 0.1) is 13.2 Å². The largest absolute Gasteiger partial charge is 0.351 e. The van der Waals surface area contributed by atoms with Crippen LogP contribution >= 0.6 is 0 Å². The lowest BCUT2D eigenvalue weighted by Gasteiger charge is -2.36. The second kappa shape index (κ2) is 4.53. The number of alkyl halides is 1. The van der Waals surface area contributed by atoms with Gasteiger partial charge in [-0.3, -0.25) is 4.79 Å². The van der Waals surface area contributed by atoms with Gasteiger partial charge in [0, 0.05) is 18.9 Å². The molecule has 0 radical (unpaired) electrons. The van der Waals surface area contributed by atoms with Crippen LogP contribution in [-0.4, -0.2) is 36.6 Å². The van der Waals surface area contributed by atoms with Crippen molar-refractivity contribution >= 4 is 5.91 Å². The minimum Gasteiger partial charge on any atom is -0.351 e. The van der Waals surface area contributed by atoms with E-state index in [0.717, 1.165) is 25.7 Å². The lowest BCUT2D eigenvalue weighted by molar-refractivity contribution is -0.180. The summed E-state index contributed by atoms with van der Waals surface area (Å²) in [6.07, 6.45) is 3.10. The predicted octanol–water partition coefficient (Wildman–Crippen LogP) is 1.54. The second-order valence-electron chi connectivity index (χ2n) is 5.33. The Labute approximate surface area is 101 Å². The van der Waals surface area contributed by atoms with Crippen molar-refractivity contribution in [2.75, 3.05) is 13.2 Å². The number of nitrogens with one attached hydrogen (secondary N) is 1. The van der Waals surface area contributed by atoms with Crippen LogP contribution in [0.1, 0.15) is 39.5 Å². The van der Waals surface area contributed by atoms with Crippen molar-refractivity contribution in [3.63, 3.8) is 0 Å². The first-order valence-corrected chi connectivity index (χ1v) is 6.19. The third kappa shape index (κ3) is 2.96. The maximum atomic E-state index is 13.4. The zero-order valence-corrected chi connectivity index (χ0v) is 10.4. The summed E-state index contributed by atoms with van der Waals surface area (Å²) >= 11 is 0. The quantitative estimate of drug-likeness (QED) is 0.802. The summed E-state index contributed by atoms with van der Waals surface area (Å²) in [6, 6.07) is 0.0379. The number of hydrogen-bond donors (Lipinski definition) is 1. The van der Waals surface area contributed by atoms with Gasteiger partial charge in [-0.25, -0.2) is 4.39 Å². The molecule has 0 aromatic heterocycles. The molecule has 2 aliphatic rings. The summed E-state index contributed by atoms with van der Waals surface area (Å²) in [5.74, 6) is -0.960. The van der Waals surface area contributed by atoms with E-state index in [2.05, 4.69) is 5.32 Å². The Morgan fingerprint density at radius 1 is 1.29 bits per heavy atom. The van der Waals surface area contributed by atoms with Gasteiger partial charge >= 0.3 is 0 Å². The fraction of sp³-hybridized carbons (Fsp3) is 0.917. The first kappa shape index (κ1) is 12.8. The van der Waals surface area contributed by atoms with Gasteiger partial charge in [0.25, 0.3) is 5.91 Å². The fourth-order valence-electron chi connectivity index (χ4n) is 2.34. The second-order valence-corrected chi connectivity index (χ2v) is 5.33. The summed E-state index contributed by atoms with van der Waals surface area (Å²) in [5, 5.41) is 2.74. The molecule has 1 amide bonds. The van der Waals surface area contributed by atoms with E-state index in [9.17, 15) is 9.18 Å². The van der Waals surface area contributed by atoms with Crippen LogP contribution in [0.25, 0.3) is 0 Å². The number of carbonyl (C=O) groups excluding carboxylic acids is 1. The molecule has 1 heterocycles. The maximum absolute atomic E-state index is 13.4. The van der Waals surface area contributed by atoms with E-state index >= 15 is 0 Å². The molecular formula is C12H20FNO3. The van der Waals surface area contributed by atoms with Crippen molar-refractivity contribution < 1.29 is 18.7 Å². The molecule has 4 nitrogen and oxygen atoms in total. The summed E-state index contributed by atoms with van der Waals surface area (Å²) in [7, 11) is 0. The van der Waals surface area contributed by atoms with Gasteiger partial charge < -0.3 is 14.8 Å². The lowest BCUT2D eigenvalue weighted by Crippen LogP contribution is -2.48. The van der Waals surface area contributed by atoms with Crippen molar-refractivity contribution in [3.05, 3.63) is 0 Å². The van der Waals surface area contributed by atoms with Crippen molar-refractivity contribution in [2.24, 2.45) is 0 Å². The summed E-state index contributed by atoms with van der Waals surface area (Å²) in [4.78, 5) is 11.5. The molecule has 17 heavy (non-hydrogen) atoms. The average molecular weight is 245 g/mol. The molecule has 0 aromatic carbocycles. The van der Waals surface area contributed by atoms with Crippen LogP contribution in [-0.2, 0) is 14.3 Å². The van der Waals surface area contributed by atoms with Crippen molar-refractivity contribution in [1.82, 2.24) is 5.32 Å². The Morgan fingerprint density at radius 2 is 1.82 bits per heavy atom. The summed E-state index contributed by atoms with van der Waals surface area (Å²) in [6.45, 7) is 3.84. The summed E-state index contributed by atoms with van der Waals surface area (Å²) < 4.78 is 24.6. The number of rotatable bonds is 2. The zero-order chi connectivity index (χ0) is 12.5. The average Bonchev–Trinajstić information content (AvgIpc) is 2.69. The molecule has 0 atom stereocenters. The lowest BCUT2D eigenvalue weighted by atomic mass is 9.89. The standard InChI is InChI=1S/C12H20FNO3/c1-11(2,13)10(15)14-9-3-5-12(6-4-9)16-7-8-17-12/h9H,3-8H2,1-2H3,(H,14,15). The normalized spacial score (nSPS) is 25.1. The van der Waals surface area contributed by atoms with Crippen LogP contribution in [0.2, 0.25) is 0 Å². The highest BCUT2D eigenvalue weighted by molar-refractivity contribution is 5.84. The first-order chi connectivity index (χ1) is 7.91. The topological polar surface area (TPSA) is 47.6 Å². The monoisotopic (exact) mass is 245 g/mol. The minimum absolute atomic E-state index is 0.0379. The van der Waals surface area contributed by atoms with Crippen molar-refractivity contribution in [2.45, 2.75) is 57.0 Å². The Morgan fingerprint density at radius 3 is 2.29 bits per heavy atom. The van der Waals surface area contributed by atoms with Gasteiger partial charge in [0.15, 0.2) is 11.5 Å². The molecule has 1 spiro atoms. The summed E-state index contributed by atoms with van der Waals surface area (Å²) in [5.41, 5.74) is -1.81. The van der Waals surface area contributed by atoms with Crippen molar-refractivity contribution in [3.8, 4) is 0 Å². The zero-order valence-electron chi connectivity index (χ0n) is 10.4. The molecule has 1 aliphatic heterocycles. The molecule has 0 aromatic rings. The fourth-order valence-corrected chi connectivity index (χ4v) is 2.34. The SMILES string of the molecule is CC(C)(F)C(=O)NC1CCC2(CC1)OCCO2. The number of hydrogen-bond acceptors (Lipinski definition) is 3. The molecule has 1 saturated heterocycles. The highest BCUT2D eigenvalue weighted by atomic mass is 19.1. The van der Waals surface area contributed by atoms with Crippen LogP contribution in [0.15, 0.2) is 0 Å². The predicted molar refractivity (Wildman–Crippen MR) is 60.2 cm³/mol. The Hall–Kier alpha value is -0.680. The molecule has 1 saturated carbocycles. The van der Waals surface area contributed by atoms with Crippen LogP contribution in [0.5, 0.6) is 0 Å². The minimum atomic E-state index is -1.81. The first-order valence-electron chi connectivity index (χ1n) is 6.19. The molecule has 98 valence electrons. The van der Waals surface area contributed by atoms with Gasteiger partial charge in [0.2, 0.25) is 0 Å².